The Kier molecular flexibility index (Phi) is 3.35. The van der Waals surface area contributed by atoms with Crippen LogP contribution in [0.4, 0.5) is 0 Å². The van der Waals surface area contributed by atoms with E-state index in [1.165, 1.54) is 24.3 Å². The molecule has 1 aromatic heterocycles. The van der Waals surface area contributed by atoms with E-state index in [2.05, 4.69) is 15.6 Å². The summed E-state index contributed by atoms with van der Waals surface area (Å²) in [6.07, 6.45) is 2.40. The van der Waals surface area contributed by atoms with Gasteiger partial charge in [-0.05, 0) is 48.7 Å². The standard InChI is InChI=1S/C13H16N2OS2/c1-16-10-2-3-11-12(8-10)15(13(17)14-11)9-4-6-18-7-5-9/h2-3,8-9H,4-7H2,1H3,(H,14,17). The number of benzene rings is 1. The zero-order chi connectivity index (χ0) is 12.5. The highest BCUT2D eigenvalue weighted by atomic mass is 32.2. The van der Waals surface area contributed by atoms with E-state index in [0.29, 0.717) is 6.04 Å². The zero-order valence-corrected chi connectivity index (χ0v) is 11.9. The van der Waals surface area contributed by atoms with Crippen molar-refractivity contribution in [1.82, 2.24) is 9.55 Å². The molecule has 0 bridgehead atoms. The number of aromatic amines is 1. The molecule has 0 atom stereocenters. The van der Waals surface area contributed by atoms with Gasteiger partial charge < -0.3 is 14.3 Å². The Balaban J connectivity index is 2.13. The summed E-state index contributed by atoms with van der Waals surface area (Å²) in [5, 5.41) is 0. The van der Waals surface area contributed by atoms with Gasteiger partial charge in [-0.25, -0.2) is 0 Å². The SMILES string of the molecule is COc1ccc2[nH]c(=S)n(C3CCSCC3)c2c1. The fraction of sp³-hybridized carbons (Fsp3) is 0.462. The van der Waals surface area contributed by atoms with Gasteiger partial charge in [-0.1, -0.05) is 0 Å². The first-order valence-corrected chi connectivity index (χ1v) is 7.72. The number of imidazole rings is 1. The number of hydrogen-bond acceptors (Lipinski definition) is 3. The lowest BCUT2D eigenvalue weighted by Gasteiger charge is -2.23. The van der Waals surface area contributed by atoms with Crippen molar-refractivity contribution in [2.24, 2.45) is 0 Å². The molecular weight excluding hydrogens is 264 g/mol. The first kappa shape index (κ1) is 12.1. The van der Waals surface area contributed by atoms with Crippen molar-refractivity contribution >= 4 is 35.0 Å². The van der Waals surface area contributed by atoms with Gasteiger partial charge in [-0.2, -0.15) is 11.8 Å². The summed E-state index contributed by atoms with van der Waals surface area (Å²) >= 11 is 7.51. The highest BCUT2D eigenvalue weighted by molar-refractivity contribution is 7.99. The van der Waals surface area contributed by atoms with E-state index in [1.807, 2.05) is 23.9 Å². The number of aromatic nitrogens is 2. The van der Waals surface area contributed by atoms with Gasteiger partial charge in [0.1, 0.15) is 5.75 Å². The van der Waals surface area contributed by atoms with Crippen LogP contribution in [0.25, 0.3) is 11.0 Å². The van der Waals surface area contributed by atoms with Crippen LogP contribution in [0, 0.1) is 4.77 Å². The molecule has 2 heterocycles. The van der Waals surface area contributed by atoms with Crippen LogP contribution < -0.4 is 4.74 Å². The number of H-pyrrole nitrogens is 1. The van der Waals surface area contributed by atoms with E-state index in [4.69, 9.17) is 17.0 Å². The quantitative estimate of drug-likeness (QED) is 0.849. The van der Waals surface area contributed by atoms with Crippen LogP contribution in [0.15, 0.2) is 18.2 Å². The largest absolute Gasteiger partial charge is 0.497 e. The summed E-state index contributed by atoms with van der Waals surface area (Å²) in [7, 11) is 1.70. The van der Waals surface area contributed by atoms with E-state index in [0.717, 1.165) is 21.6 Å². The van der Waals surface area contributed by atoms with Gasteiger partial charge in [-0.15, -0.1) is 0 Å². The molecule has 0 amide bonds. The fourth-order valence-electron chi connectivity index (χ4n) is 2.53. The van der Waals surface area contributed by atoms with E-state index < -0.39 is 0 Å². The third kappa shape index (κ3) is 2.06. The number of nitrogens with one attached hydrogen (secondary N) is 1. The molecule has 2 aromatic rings. The summed E-state index contributed by atoms with van der Waals surface area (Å²) in [5.41, 5.74) is 2.26. The molecule has 0 unspecified atom stereocenters. The average molecular weight is 280 g/mol. The Labute approximate surface area is 116 Å². The summed E-state index contributed by atoms with van der Waals surface area (Å²) in [6, 6.07) is 6.61. The number of hydrogen-bond donors (Lipinski definition) is 1. The maximum atomic E-state index is 5.47. The van der Waals surface area contributed by atoms with Gasteiger partial charge in [0.25, 0.3) is 0 Å². The summed E-state index contributed by atoms with van der Waals surface area (Å²) in [6.45, 7) is 0. The molecule has 5 heteroatoms. The summed E-state index contributed by atoms with van der Waals surface area (Å²) < 4.78 is 8.41. The Morgan fingerprint density at radius 1 is 1.39 bits per heavy atom. The summed E-state index contributed by atoms with van der Waals surface area (Å²) in [5.74, 6) is 3.34. The second-order valence-electron chi connectivity index (χ2n) is 4.53. The Morgan fingerprint density at radius 3 is 2.89 bits per heavy atom. The van der Waals surface area contributed by atoms with Crippen molar-refractivity contribution < 1.29 is 4.74 Å². The van der Waals surface area contributed by atoms with Crippen LogP contribution in [0.2, 0.25) is 0 Å². The topological polar surface area (TPSA) is 29.9 Å². The van der Waals surface area contributed by atoms with Gasteiger partial charge >= 0.3 is 0 Å². The number of nitrogens with zero attached hydrogens (tertiary/aromatic N) is 1. The normalized spacial score (nSPS) is 17.2. The number of fused-ring (bicyclic) bond motifs is 1. The van der Waals surface area contributed by atoms with Crippen molar-refractivity contribution in [2.75, 3.05) is 18.6 Å². The molecule has 0 radical (unpaired) electrons. The first-order chi connectivity index (χ1) is 8.79. The van der Waals surface area contributed by atoms with Crippen LogP contribution in [0.3, 0.4) is 0 Å². The van der Waals surface area contributed by atoms with Crippen LogP contribution in [-0.4, -0.2) is 28.2 Å². The second kappa shape index (κ2) is 4.97. The van der Waals surface area contributed by atoms with Gasteiger partial charge in [0.15, 0.2) is 4.77 Å². The molecular formula is C13H16N2OS2. The molecule has 96 valence electrons. The Bertz CT molecular complexity index is 611. The Hall–Kier alpha value is -0.940. The highest BCUT2D eigenvalue weighted by Crippen LogP contribution is 2.31. The van der Waals surface area contributed by atoms with Gasteiger partial charge in [0.05, 0.1) is 18.1 Å². The van der Waals surface area contributed by atoms with Crippen LogP contribution in [0.1, 0.15) is 18.9 Å². The van der Waals surface area contributed by atoms with Gasteiger partial charge in [0, 0.05) is 12.1 Å². The Morgan fingerprint density at radius 2 is 2.17 bits per heavy atom. The van der Waals surface area contributed by atoms with E-state index in [-0.39, 0.29) is 0 Å². The summed E-state index contributed by atoms with van der Waals surface area (Å²) in [4.78, 5) is 3.29. The first-order valence-electron chi connectivity index (χ1n) is 6.15. The molecule has 3 nitrogen and oxygen atoms in total. The lowest BCUT2D eigenvalue weighted by atomic mass is 10.1. The average Bonchev–Trinajstić information content (AvgIpc) is 2.74. The molecule has 1 fully saturated rings. The van der Waals surface area contributed by atoms with Crippen molar-refractivity contribution in [1.29, 1.82) is 0 Å². The maximum Gasteiger partial charge on any atom is 0.178 e. The molecule has 1 aliphatic rings. The molecule has 0 saturated carbocycles. The molecule has 1 aliphatic heterocycles. The van der Waals surface area contributed by atoms with Crippen LogP contribution in [0.5, 0.6) is 5.75 Å². The van der Waals surface area contributed by atoms with Gasteiger partial charge in [-0.3, -0.25) is 0 Å². The van der Waals surface area contributed by atoms with Crippen molar-refractivity contribution in [3.8, 4) is 5.75 Å². The minimum atomic E-state index is 0.527. The zero-order valence-electron chi connectivity index (χ0n) is 10.3. The molecule has 0 spiro atoms. The van der Waals surface area contributed by atoms with Crippen molar-refractivity contribution in [2.45, 2.75) is 18.9 Å². The number of ether oxygens (including phenoxy) is 1. The van der Waals surface area contributed by atoms with E-state index in [1.54, 1.807) is 7.11 Å². The van der Waals surface area contributed by atoms with Crippen LogP contribution >= 0.6 is 24.0 Å². The third-order valence-corrected chi connectivity index (χ3v) is 4.83. The lowest BCUT2D eigenvalue weighted by Crippen LogP contribution is -2.15. The minimum Gasteiger partial charge on any atom is -0.497 e. The van der Waals surface area contributed by atoms with Crippen LogP contribution in [-0.2, 0) is 0 Å². The van der Waals surface area contributed by atoms with Gasteiger partial charge in [0.2, 0.25) is 0 Å². The monoisotopic (exact) mass is 280 g/mol. The van der Waals surface area contributed by atoms with E-state index in [9.17, 15) is 0 Å². The number of methoxy groups -OCH3 is 1. The maximum absolute atomic E-state index is 5.47. The number of rotatable bonds is 2. The number of thioether (sulfide) groups is 1. The van der Waals surface area contributed by atoms with Crippen molar-refractivity contribution in [3.05, 3.63) is 23.0 Å². The molecule has 3 rings (SSSR count). The fourth-order valence-corrected chi connectivity index (χ4v) is 3.97. The molecule has 0 aliphatic carbocycles. The molecule has 1 N–H and O–H groups in total. The van der Waals surface area contributed by atoms with Crippen molar-refractivity contribution in [3.63, 3.8) is 0 Å². The molecule has 1 saturated heterocycles. The third-order valence-electron chi connectivity index (χ3n) is 3.48. The smallest absolute Gasteiger partial charge is 0.178 e. The highest BCUT2D eigenvalue weighted by Gasteiger charge is 2.18. The second-order valence-corrected chi connectivity index (χ2v) is 6.14. The molecule has 1 aromatic carbocycles. The van der Waals surface area contributed by atoms with E-state index >= 15 is 0 Å². The predicted molar refractivity (Wildman–Crippen MR) is 79.3 cm³/mol. The minimum absolute atomic E-state index is 0.527. The lowest BCUT2D eigenvalue weighted by molar-refractivity contribution is 0.414. The predicted octanol–water partition coefficient (Wildman–Crippen LogP) is 3.78. The molecule has 18 heavy (non-hydrogen) atoms.